The summed E-state index contributed by atoms with van der Waals surface area (Å²) in [5.41, 5.74) is 2.64. The predicted molar refractivity (Wildman–Crippen MR) is 80.2 cm³/mol. The first-order valence-corrected chi connectivity index (χ1v) is 8.17. The summed E-state index contributed by atoms with van der Waals surface area (Å²) >= 11 is 11.1. The number of alkyl halides is 1. The van der Waals surface area contributed by atoms with Crippen molar-refractivity contribution in [3.05, 3.63) is 32.2 Å². The van der Waals surface area contributed by atoms with Gasteiger partial charge in [0.2, 0.25) is 0 Å². The van der Waals surface area contributed by atoms with E-state index in [2.05, 4.69) is 66.8 Å². The van der Waals surface area contributed by atoms with Crippen molar-refractivity contribution in [1.82, 2.24) is 0 Å². The Kier molecular flexibility index (Phi) is 4.53. The van der Waals surface area contributed by atoms with Crippen LogP contribution >= 0.6 is 47.8 Å². The summed E-state index contributed by atoms with van der Waals surface area (Å²) in [5.74, 6) is 0.927. The van der Waals surface area contributed by atoms with E-state index >= 15 is 0 Å². The summed E-state index contributed by atoms with van der Waals surface area (Å²) in [7, 11) is 0. The van der Waals surface area contributed by atoms with Gasteiger partial charge in [-0.25, -0.2) is 0 Å². The van der Waals surface area contributed by atoms with Gasteiger partial charge in [-0.1, -0.05) is 67.1 Å². The average molecular weight is 411 g/mol. The predicted octanol–water partition coefficient (Wildman–Crippen LogP) is 6.15. The first-order chi connectivity index (χ1) is 7.58. The van der Waals surface area contributed by atoms with E-state index in [4.69, 9.17) is 0 Å². The van der Waals surface area contributed by atoms with E-state index in [1.165, 1.54) is 45.8 Å². The Morgan fingerprint density at radius 2 is 1.94 bits per heavy atom. The Morgan fingerprint density at radius 1 is 1.25 bits per heavy atom. The Labute approximate surface area is 123 Å². The SMILES string of the molecule is Cc1cc(Br)c(C(Br)CC2CCC2)cc1Br. The lowest BCUT2D eigenvalue weighted by molar-refractivity contribution is 0.295. The molecule has 1 aromatic carbocycles. The van der Waals surface area contributed by atoms with Crippen LogP contribution in [0.4, 0.5) is 0 Å². The van der Waals surface area contributed by atoms with Gasteiger partial charge in [-0.15, -0.1) is 0 Å². The maximum Gasteiger partial charge on any atom is 0.0409 e. The smallest absolute Gasteiger partial charge is 0.0409 e. The maximum absolute atomic E-state index is 3.82. The van der Waals surface area contributed by atoms with E-state index in [-0.39, 0.29) is 0 Å². The molecule has 3 heteroatoms. The van der Waals surface area contributed by atoms with Gasteiger partial charge in [0.1, 0.15) is 0 Å². The van der Waals surface area contributed by atoms with Crippen LogP contribution in [0.15, 0.2) is 21.1 Å². The van der Waals surface area contributed by atoms with Crippen LogP contribution in [0.3, 0.4) is 0 Å². The quantitative estimate of drug-likeness (QED) is 0.524. The van der Waals surface area contributed by atoms with Crippen LogP contribution < -0.4 is 0 Å². The topological polar surface area (TPSA) is 0 Å². The fourth-order valence-corrected chi connectivity index (χ4v) is 4.36. The second-order valence-corrected chi connectivity index (χ2v) is 7.44. The van der Waals surface area contributed by atoms with Gasteiger partial charge >= 0.3 is 0 Å². The first kappa shape index (κ1) is 13.1. The van der Waals surface area contributed by atoms with Gasteiger partial charge in [-0.05, 0) is 42.5 Å². The Hall–Kier alpha value is 0.660. The third-order valence-electron chi connectivity index (χ3n) is 3.38. The molecule has 1 aliphatic rings. The third kappa shape index (κ3) is 2.91. The molecule has 1 aliphatic carbocycles. The van der Waals surface area contributed by atoms with Crippen molar-refractivity contribution in [2.24, 2.45) is 5.92 Å². The highest BCUT2D eigenvalue weighted by molar-refractivity contribution is 9.11. The highest BCUT2D eigenvalue weighted by atomic mass is 79.9. The van der Waals surface area contributed by atoms with Crippen LogP contribution in [0.2, 0.25) is 0 Å². The molecule has 0 amide bonds. The van der Waals surface area contributed by atoms with Crippen LogP contribution in [0.5, 0.6) is 0 Å². The van der Waals surface area contributed by atoms with Gasteiger partial charge in [0.05, 0.1) is 0 Å². The van der Waals surface area contributed by atoms with Gasteiger partial charge in [0.15, 0.2) is 0 Å². The molecule has 0 aromatic heterocycles. The van der Waals surface area contributed by atoms with Gasteiger partial charge < -0.3 is 0 Å². The fourth-order valence-electron chi connectivity index (χ4n) is 2.05. The van der Waals surface area contributed by atoms with Gasteiger partial charge in [-0.3, -0.25) is 0 Å². The highest BCUT2D eigenvalue weighted by Gasteiger charge is 2.23. The van der Waals surface area contributed by atoms with Crippen molar-refractivity contribution in [1.29, 1.82) is 0 Å². The molecule has 1 aromatic rings. The number of benzene rings is 1. The van der Waals surface area contributed by atoms with Crippen LogP contribution in [-0.4, -0.2) is 0 Å². The lowest BCUT2D eigenvalue weighted by atomic mass is 9.81. The largest absolute Gasteiger partial charge is 0.0838 e. The summed E-state index contributed by atoms with van der Waals surface area (Å²) in [6.45, 7) is 2.12. The van der Waals surface area contributed by atoms with Crippen molar-refractivity contribution in [2.75, 3.05) is 0 Å². The second kappa shape index (κ2) is 5.53. The van der Waals surface area contributed by atoms with Gasteiger partial charge in [0.25, 0.3) is 0 Å². The van der Waals surface area contributed by atoms with Crippen LogP contribution in [0, 0.1) is 12.8 Å². The molecule has 0 spiro atoms. The van der Waals surface area contributed by atoms with Gasteiger partial charge in [-0.2, -0.15) is 0 Å². The summed E-state index contributed by atoms with van der Waals surface area (Å²) in [6, 6.07) is 4.42. The molecule has 0 heterocycles. The summed E-state index contributed by atoms with van der Waals surface area (Å²) in [6.07, 6.45) is 5.50. The fraction of sp³-hybridized carbons (Fsp3) is 0.538. The van der Waals surface area contributed by atoms with E-state index in [1.54, 1.807) is 0 Å². The zero-order valence-electron chi connectivity index (χ0n) is 9.27. The molecule has 1 fully saturated rings. The third-order valence-corrected chi connectivity index (χ3v) is 5.79. The van der Waals surface area contributed by atoms with E-state index in [1.807, 2.05) is 0 Å². The summed E-state index contributed by atoms with van der Waals surface area (Å²) in [5, 5.41) is 0. The van der Waals surface area contributed by atoms with Crippen LogP contribution in [-0.2, 0) is 0 Å². The molecule has 0 aliphatic heterocycles. The number of halogens is 3. The minimum absolute atomic E-state index is 0.476. The van der Waals surface area contributed by atoms with Gasteiger partial charge in [0, 0.05) is 13.8 Å². The zero-order valence-corrected chi connectivity index (χ0v) is 14.0. The zero-order chi connectivity index (χ0) is 11.7. The Morgan fingerprint density at radius 3 is 2.50 bits per heavy atom. The molecule has 1 atom stereocenters. The van der Waals surface area contributed by atoms with Crippen molar-refractivity contribution in [2.45, 2.75) is 37.4 Å². The number of hydrogen-bond acceptors (Lipinski definition) is 0. The van der Waals surface area contributed by atoms with E-state index < -0.39 is 0 Å². The molecule has 16 heavy (non-hydrogen) atoms. The van der Waals surface area contributed by atoms with E-state index in [0.717, 1.165) is 5.92 Å². The normalized spacial score (nSPS) is 18.2. The van der Waals surface area contributed by atoms with Crippen molar-refractivity contribution in [3.63, 3.8) is 0 Å². The molecule has 2 rings (SSSR count). The molecule has 1 unspecified atom stereocenters. The number of aryl methyl sites for hydroxylation is 1. The summed E-state index contributed by atoms with van der Waals surface area (Å²) < 4.78 is 2.41. The Bertz CT molecular complexity index is 383. The number of hydrogen-bond donors (Lipinski definition) is 0. The molecular formula is C13H15Br3. The van der Waals surface area contributed by atoms with Crippen LogP contribution in [0.1, 0.15) is 41.6 Å². The number of rotatable bonds is 3. The van der Waals surface area contributed by atoms with Crippen molar-refractivity contribution >= 4 is 47.8 Å². The summed E-state index contributed by atoms with van der Waals surface area (Å²) in [4.78, 5) is 0.476. The minimum Gasteiger partial charge on any atom is -0.0838 e. The van der Waals surface area contributed by atoms with E-state index in [0.29, 0.717) is 4.83 Å². The van der Waals surface area contributed by atoms with Crippen molar-refractivity contribution in [3.8, 4) is 0 Å². The molecular weight excluding hydrogens is 396 g/mol. The van der Waals surface area contributed by atoms with Crippen LogP contribution in [0.25, 0.3) is 0 Å². The first-order valence-electron chi connectivity index (χ1n) is 5.67. The lowest BCUT2D eigenvalue weighted by Gasteiger charge is -2.28. The monoisotopic (exact) mass is 408 g/mol. The second-order valence-electron chi connectivity index (χ2n) is 4.62. The molecule has 1 saturated carbocycles. The standard InChI is InChI=1S/C13H15Br3/c1-8-5-12(15)10(7-11(8)14)13(16)6-9-3-2-4-9/h5,7,9,13H,2-4,6H2,1H3. The van der Waals surface area contributed by atoms with E-state index in [9.17, 15) is 0 Å². The molecule has 0 saturated heterocycles. The Balaban J connectivity index is 2.14. The highest BCUT2D eigenvalue weighted by Crippen LogP contribution is 2.42. The average Bonchev–Trinajstić information content (AvgIpc) is 2.17. The minimum atomic E-state index is 0.476. The molecule has 0 nitrogen and oxygen atoms in total. The lowest BCUT2D eigenvalue weighted by Crippen LogP contribution is -2.13. The maximum atomic E-state index is 3.82. The molecule has 0 radical (unpaired) electrons. The van der Waals surface area contributed by atoms with Crippen molar-refractivity contribution < 1.29 is 0 Å². The molecule has 88 valence electrons. The molecule has 0 N–H and O–H groups in total. The molecule has 0 bridgehead atoms.